The summed E-state index contributed by atoms with van der Waals surface area (Å²) >= 11 is 1.39. The topological polar surface area (TPSA) is 59.8 Å². The van der Waals surface area contributed by atoms with Crippen LogP contribution in [0.15, 0.2) is 66.1 Å². The van der Waals surface area contributed by atoms with E-state index in [0.29, 0.717) is 0 Å². The highest BCUT2D eigenvalue weighted by Crippen LogP contribution is 2.28. The molecule has 0 atom stereocenters. The van der Waals surface area contributed by atoms with Crippen molar-refractivity contribution in [3.05, 3.63) is 60.9 Å². The van der Waals surface area contributed by atoms with Gasteiger partial charge >= 0.3 is 0 Å². The van der Waals surface area contributed by atoms with E-state index in [4.69, 9.17) is 0 Å². The first-order valence-electron chi connectivity index (χ1n) is 8.12. The summed E-state index contributed by atoms with van der Waals surface area (Å²) in [6.45, 7) is 4.12. The number of carbonyl (C=O) groups is 1. The molecule has 3 aromatic rings. The van der Waals surface area contributed by atoms with Crippen LogP contribution < -0.4 is 5.32 Å². The predicted octanol–water partition coefficient (Wildman–Crippen LogP) is 4.26. The fourth-order valence-electron chi connectivity index (χ4n) is 2.47. The SMILES string of the molecule is CC(C)n1cnnc1SCC(=O)Nc1ccccc1-c1ccccc1. The molecule has 0 unspecified atom stereocenters. The maximum Gasteiger partial charge on any atom is 0.234 e. The van der Waals surface area contributed by atoms with E-state index in [9.17, 15) is 4.79 Å². The first-order chi connectivity index (χ1) is 12.1. The third-order valence-electron chi connectivity index (χ3n) is 3.71. The summed E-state index contributed by atoms with van der Waals surface area (Å²) in [6, 6.07) is 18.1. The van der Waals surface area contributed by atoms with Gasteiger partial charge in [-0.3, -0.25) is 4.79 Å². The molecule has 1 amide bonds. The number of rotatable bonds is 6. The van der Waals surface area contributed by atoms with Crippen LogP contribution in [0.25, 0.3) is 11.1 Å². The van der Waals surface area contributed by atoms with E-state index >= 15 is 0 Å². The third kappa shape index (κ3) is 4.28. The molecule has 128 valence electrons. The van der Waals surface area contributed by atoms with Gasteiger partial charge in [0, 0.05) is 17.3 Å². The minimum Gasteiger partial charge on any atom is -0.325 e. The van der Waals surface area contributed by atoms with Crippen LogP contribution in [0, 0.1) is 0 Å². The van der Waals surface area contributed by atoms with Crippen molar-refractivity contribution in [3.8, 4) is 11.1 Å². The smallest absolute Gasteiger partial charge is 0.234 e. The summed E-state index contributed by atoms with van der Waals surface area (Å²) in [5.41, 5.74) is 2.89. The molecule has 0 saturated heterocycles. The molecule has 1 aromatic heterocycles. The zero-order valence-electron chi connectivity index (χ0n) is 14.2. The molecule has 1 heterocycles. The lowest BCUT2D eigenvalue weighted by Gasteiger charge is -2.12. The van der Waals surface area contributed by atoms with Crippen LogP contribution in [0.3, 0.4) is 0 Å². The largest absolute Gasteiger partial charge is 0.325 e. The van der Waals surface area contributed by atoms with Crippen LogP contribution in [0.5, 0.6) is 0 Å². The van der Waals surface area contributed by atoms with Crippen molar-refractivity contribution in [1.29, 1.82) is 0 Å². The quantitative estimate of drug-likeness (QED) is 0.674. The Morgan fingerprint density at radius 3 is 2.60 bits per heavy atom. The lowest BCUT2D eigenvalue weighted by molar-refractivity contribution is -0.113. The van der Waals surface area contributed by atoms with Gasteiger partial charge in [-0.15, -0.1) is 10.2 Å². The number of aromatic nitrogens is 3. The van der Waals surface area contributed by atoms with E-state index in [-0.39, 0.29) is 17.7 Å². The monoisotopic (exact) mass is 352 g/mol. The second-order valence-electron chi connectivity index (χ2n) is 5.86. The summed E-state index contributed by atoms with van der Waals surface area (Å²) in [4.78, 5) is 12.4. The number of nitrogens with one attached hydrogen (secondary N) is 1. The number of carbonyl (C=O) groups excluding carboxylic acids is 1. The molecule has 0 aliphatic heterocycles. The van der Waals surface area contributed by atoms with E-state index in [1.54, 1.807) is 6.33 Å². The van der Waals surface area contributed by atoms with Gasteiger partial charge in [-0.2, -0.15) is 0 Å². The molecule has 6 heteroatoms. The van der Waals surface area contributed by atoms with Gasteiger partial charge in [0.1, 0.15) is 6.33 Å². The van der Waals surface area contributed by atoms with Gasteiger partial charge in [0.2, 0.25) is 5.91 Å². The maximum absolute atomic E-state index is 12.4. The van der Waals surface area contributed by atoms with E-state index in [1.165, 1.54) is 11.8 Å². The van der Waals surface area contributed by atoms with E-state index in [2.05, 4.69) is 29.4 Å². The summed E-state index contributed by atoms with van der Waals surface area (Å²) in [5, 5.41) is 11.8. The molecule has 0 fully saturated rings. The molecule has 0 aliphatic carbocycles. The van der Waals surface area contributed by atoms with Crippen LogP contribution in [0.1, 0.15) is 19.9 Å². The summed E-state index contributed by atoms with van der Waals surface area (Å²) in [7, 11) is 0. The molecule has 0 radical (unpaired) electrons. The molecule has 1 N–H and O–H groups in total. The second-order valence-corrected chi connectivity index (χ2v) is 6.81. The molecule has 0 spiro atoms. The Labute approximate surface area is 151 Å². The first-order valence-corrected chi connectivity index (χ1v) is 9.10. The molecular formula is C19H20N4OS. The van der Waals surface area contributed by atoms with E-state index in [0.717, 1.165) is 22.0 Å². The predicted molar refractivity (Wildman–Crippen MR) is 102 cm³/mol. The first kappa shape index (κ1) is 17.2. The Morgan fingerprint density at radius 2 is 1.84 bits per heavy atom. The van der Waals surface area contributed by atoms with Crippen molar-refractivity contribution in [3.63, 3.8) is 0 Å². The molecule has 5 nitrogen and oxygen atoms in total. The van der Waals surface area contributed by atoms with Gasteiger partial charge in [0.05, 0.1) is 5.75 Å². The highest BCUT2D eigenvalue weighted by atomic mass is 32.2. The highest BCUT2D eigenvalue weighted by molar-refractivity contribution is 7.99. The van der Waals surface area contributed by atoms with Crippen LogP contribution in [0.2, 0.25) is 0 Å². The second kappa shape index (κ2) is 7.98. The summed E-state index contributed by atoms with van der Waals surface area (Å²) in [5.74, 6) is 0.223. The fraction of sp³-hybridized carbons (Fsp3) is 0.211. The molecule has 0 saturated carbocycles. The number of amides is 1. The lowest BCUT2D eigenvalue weighted by atomic mass is 10.0. The molecule has 0 bridgehead atoms. The van der Waals surface area contributed by atoms with Crippen molar-refractivity contribution < 1.29 is 4.79 Å². The number of para-hydroxylation sites is 1. The molecule has 25 heavy (non-hydrogen) atoms. The van der Waals surface area contributed by atoms with Crippen molar-refractivity contribution in [2.45, 2.75) is 25.0 Å². The molecule has 0 aliphatic rings. The number of thioether (sulfide) groups is 1. The minimum absolute atomic E-state index is 0.0633. The number of nitrogens with zero attached hydrogens (tertiary/aromatic N) is 3. The van der Waals surface area contributed by atoms with Crippen LogP contribution >= 0.6 is 11.8 Å². The number of hydrogen-bond donors (Lipinski definition) is 1. The van der Waals surface area contributed by atoms with Crippen LogP contribution in [-0.4, -0.2) is 26.4 Å². The Bertz CT molecular complexity index is 845. The van der Waals surface area contributed by atoms with Crippen molar-refractivity contribution in [1.82, 2.24) is 14.8 Å². The zero-order valence-corrected chi connectivity index (χ0v) is 15.0. The minimum atomic E-state index is -0.0633. The van der Waals surface area contributed by atoms with Crippen molar-refractivity contribution in [2.24, 2.45) is 0 Å². The average molecular weight is 352 g/mol. The van der Waals surface area contributed by atoms with Crippen LogP contribution in [0.4, 0.5) is 5.69 Å². The Hall–Kier alpha value is -2.60. The average Bonchev–Trinajstić information content (AvgIpc) is 3.10. The summed E-state index contributed by atoms with van der Waals surface area (Å²) < 4.78 is 1.95. The number of benzene rings is 2. The maximum atomic E-state index is 12.4. The van der Waals surface area contributed by atoms with E-state index < -0.39 is 0 Å². The van der Waals surface area contributed by atoms with Crippen molar-refractivity contribution >= 4 is 23.4 Å². The van der Waals surface area contributed by atoms with Gasteiger partial charge < -0.3 is 9.88 Å². The lowest BCUT2D eigenvalue weighted by Crippen LogP contribution is -2.15. The van der Waals surface area contributed by atoms with Gasteiger partial charge in [0.15, 0.2) is 5.16 Å². The Morgan fingerprint density at radius 1 is 1.12 bits per heavy atom. The number of anilines is 1. The van der Waals surface area contributed by atoms with Crippen molar-refractivity contribution in [2.75, 3.05) is 11.1 Å². The van der Waals surface area contributed by atoms with Gasteiger partial charge in [-0.1, -0.05) is 60.3 Å². The van der Waals surface area contributed by atoms with Gasteiger partial charge in [0.25, 0.3) is 0 Å². The third-order valence-corrected chi connectivity index (χ3v) is 4.67. The Balaban J connectivity index is 1.69. The number of hydrogen-bond acceptors (Lipinski definition) is 4. The zero-order chi connectivity index (χ0) is 17.6. The summed E-state index contributed by atoms with van der Waals surface area (Å²) in [6.07, 6.45) is 1.69. The molecular weight excluding hydrogens is 332 g/mol. The van der Waals surface area contributed by atoms with Gasteiger partial charge in [-0.05, 0) is 25.5 Å². The van der Waals surface area contributed by atoms with Crippen LogP contribution in [-0.2, 0) is 4.79 Å². The Kier molecular flexibility index (Phi) is 5.50. The van der Waals surface area contributed by atoms with E-state index in [1.807, 2.05) is 59.2 Å². The van der Waals surface area contributed by atoms with Gasteiger partial charge in [-0.25, -0.2) is 0 Å². The molecule has 3 rings (SSSR count). The molecule has 2 aromatic carbocycles. The standard InChI is InChI=1S/C19H20N4OS/c1-14(2)23-13-20-22-19(23)25-12-18(24)21-17-11-7-6-10-16(17)15-8-4-3-5-9-15/h3-11,13-14H,12H2,1-2H3,(H,21,24). The fourth-order valence-corrected chi connectivity index (χ4v) is 3.31. The highest BCUT2D eigenvalue weighted by Gasteiger charge is 2.12. The normalized spacial score (nSPS) is 10.8.